The molecule has 92 valence electrons. The number of carbonyl (C=O) groups excluding carboxylic acids is 1. The topological polar surface area (TPSA) is 77.8 Å². The highest BCUT2D eigenvalue weighted by molar-refractivity contribution is 5.87. The standard InChI is InChI=1S/C8H10F3NO4/c9-8(10,11)7(16)12-3-4(13)1-2-5(12)6(14)15/h4-5,13H,1-3H2,(H,14,15)/t4-,5-/m0/s1. The van der Waals surface area contributed by atoms with Gasteiger partial charge in [0, 0.05) is 6.54 Å². The lowest BCUT2D eigenvalue weighted by atomic mass is 10.00. The van der Waals surface area contributed by atoms with E-state index in [1.807, 2.05) is 0 Å². The lowest BCUT2D eigenvalue weighted by molar-refractivity contribution is -0.193. The van der Waals surface area contributed by atoms with E-state index in [1.165, 1.54) is 0 Å². The predicted molar refractivity (Wildman–Crippen MR) is 44.4 cm³/mol. The van der Waals surface area contributed by atoms with Crippen molar-refractivity contribution >= 4 is 11.9 Å². The van der Waals surface area contributed by atoms with Crippen molar-refractivity contribution in [3.63, 3.8) is 0 Å². The van der Waals surface area contributed by atoms with Crippen LogP contribution in [0, 0.1) is 0 Å². The van der Waals surface area contributed by atoms with Gasteiger partial charge in [-0.25, -0.2) is 4.79 Å². The summed E-state index contributed by atoms with van der Waals surface area (Å²) >= 11 is 0. The van der Waals surface area contributed by atoms with E-state index >= 15 is 0 Å². The van der Waals surface area contributed by atoms with Gasteiger partial charge in [0.25, 0.3) is 0 Å². The number of carboxylic acids is 1. The molecule has 0 bridgehead atoms. The van der Waals surface area contributed by atoms with E-state index in [2.05, 4.69) is 0 Å². The number of hydrogen-bond acceptors (Lipinski definition) is 3. The highest BCUT2D eigenvalue weighted by atomic mass is 19.4. The van der Waals surface area contributed by atoms with Crippen molar-refractivity contribution in [3.8, 4) is 0 Å². The van der Waals surface area contributed by atoms with Crippen LogP contribution in [0.2, 0.25) is 0 Å². The number of aliphatic hydroxyl groups excluding tert-OH is 1. The van der Waals surface area contributed by atoms with Crippen molar-refractivity contribution in [2.45, 2.75) is 31.2 Å². The SMILES string of the molecule is O=C(O)[C@@H]1CC[C@H](O)CN1C(=O)C(F)(F)F. The average Bonchev–Trinajstić information content (AvgIpc) is 2.14. The zero-order valence-electron chi connectivity index (χ0n) is 8.07. The number of β-amino-alcohol motifs (C(OH)–C–C–N with tert-alkyl or cyclic N) is 1. The number of aliphatic hydroxyl groups is 1. The van der Waals surface area contributed by atoms with Gasteiger partial charge in [-0.1, -0.05) is 0 Å². The summed E-state index contributed by atoms with van der Waals surface area (Å²) in [7, 11) is 0. The van der Waals surface area contributed by atoms with Crippen molar-refractivity contribution in [2.75, 3.05) is 6.54 Å². The van der Waals surface area contributed by atoms with E-state index in [0.29, 0.717) is 0 Å². The predicted octanol–water partition coefficient (Wildman–Crippen LogP) is -0.0148. The molecule has 1 aliphatic heterocycles. The third-order valence-corrected chi connectivity index (χ3v) is 2.35. The smallest absolute Gasteiger partial charge is 0.471 e. The van der Waals surface area contributed by atoms with Crippen LogP contribution in [0.3, 0.4) is 0 Å². The van der Waals surface area contributed by atoms with Crippen LogP contribution in [0.5, 0.6) is 0 Å². The van der Waals surface area contributed by atoms with Gasteiger partial charge in [0.15, 0.2) is 0 Å². The molecular weight excluding hydrogens is 231 g/mol. The van der Waals surface area contributed by atoms with E-state index in [9.17, 15) is 22.8 Å². The first kappa shape index (κ1) is 12.8. The normalized spacial score (nSPS) is 26.6. The Kier molecular flexibility index (Phi) is 3.41. The van der Waals surface area contributed by atoms with Crippen molar-refractivity contribution in [1.29, 1.82) is 0 Å². The second-order valence-corrected chi connectivity index (χ2v) is 3.54. The van der Waals surface area contributed by atoms with Gasteiger partial charge < -0.3 is 15.1 Å². The number of amides is 1. The first-order valence-electron chi connectivity index (χ1n) is 4.52. The first-order chi connectivity index (χ1) is 7.23. The molecule has 1 saturated heterocycles. The van der Waals surface area contributed by atoms with E-state index in [-0.39, 0.29) is 17.7 Å². The number of rotatable bonds is 1. The lowest BCUT2D eigenvalue weighted by Crippen LogP contribution is -2.55. The Labute approximate surface area is 88.5 Å². The Morgan fingerprint density at radius 3 is 2.25 bits per heavy atom. The van der Waals surface area contributed by atoms with Gasteiger partial charge in [-0.3, -0.25) is 4.79 Å². The van der Waals surface area contributed by atoms with Gasteiger partial charge in [0.05, 0.1) is 6.10 Å². The second kappa shape index (κ2) is 4.28. The van der Waals surface area contributed by atoms with Gasteiger partial charge in [-0.15, -0.1) is 0 Å². The molecule has 1 aliphatic rings. The Bertz CT molecular complexity index is 304. The molecule has 0 aromatic heterocycles. The fraction of sp³-hybridized carbons (Fsp3) is 0.750. The molecule has 2 N–H and O–H groups in total. The first-order valence-corrected chi connectivity index (χ1v) is 4.52. The molecule has 2 atom stereocenters. The zero-order chi connectivity index (χ0) is 12.5. The number of aliphatic carboxylic acids is 1. The zero-order valence-corrected chi connectivity index (χ0v) is 8.07. The van der Waals surface area contributed by atoms with E-state index in [4.69, 9.17) is 10.2 Å². The number of alkyl halides is 3. The van der Waals surface area contributed by atoms with Crippen LogP contribution in [-0.4, -0.2) is 51.9 Å². The molecule has 0 saturated carbocycles. The summed E-state index contributed by atoms with van der Waals surface area (Å²) in [4.78, 5) is 21.7. The molecule has 8 heteroatoms. The van der Waals surface area contributed by atoms with Crippen LogP contribution in [-0.2, 0) is 9.59 Å². The van der Waals surface area contributed by atoms with Crippen molar-refractivity contribution in [2.24, 2.45) is 0 Å². The molecule has 0 spiro atoms. The molecule has 0 unspecified atom stereocenters. The third-order valence-electron chi connectivity index (χ3n) is 2.35. The van der Waals surface area contributed by atoms with Gasteiger partial charge >= 0.3 is 18.1 Å². The largest absolute Gasteiger partial charge is 0.480 e. The second-order valence-electron chi connectivity index (χ2n) is 3.54. The van der Waals surface area contributed by atoms with Crippen molar-refractivity contribution < 1.29 is 33.0 Å². The minimum Gasteiger partial charge on any atom is -0.480 e. The highest BCUT2D eigenvalue weighted by Crippen LogP contribution is 2.25. The Morgan fingerprint density at radius 2 is 1.81 bits per heavy atom. The number of halogens is 3. The van der Waals surface area contributed by atoms with Crippen LogP contribution < -0.4 is 0 Å². The maximum absolute atomic E-state index is 12.1. The Hall–Kier alpha value is -1.31. The lowest BCUT2D eigenvalue weighted by Gasteiger charge is -2.35. The maximum atomic E-state index is 12.1. The number of carboxylic acid groups (broad SMARTS) is 1. The molecule has 16 heavy (non-hydrogen) atoms. The summed E-state index contributed by atoms with van der Waals surface area (Å²) in [5.41, 5.74) is 0. The van der Waals surface area contributed by atoms with Gasteiger partial charge in [-0.2, -0.15) is 13.2 Å². The molecule has 1 rings (SSSR count). The monoisotopic (exact) mass is 241 g/mol. The van der Waals surface area contributed by atoms with Crippen LogP contribution in [0.4, 0.5) is 13.2 Å². The van der Waals surface area contributed by atoms with Crippen LogP contribution in [0.25, 0.3) is 0 Å². The molecule has 1 fully saturated rings. The van der Waals surface area contributed by atoms with Gasteiger partial charge in [0.2, 0.25) is 0 Å². The maximum Gasteiger partial charge on any atom is 0.471 e. The van der Waals surface area contributed by atoms with E-state index < -0.39 is 36.7 Å². The highest BCUT2D eigenvalue weighted by Gasteiger charge is 2.47. The van der Waals surface area contributed by atoms with Crippen LogP contribution >= 0.6 is 0 Å². The number of likely N-dealkylation sites (tertiary alicyclic amines) is 1. The van der Waals surface area contributed by atoms with Crippen LogP contribution in [0.1, 0.15) is 12.8 Å². The summed E-state index contributed by atoms with van der Waals surface area (Å²) in [5.74, 6) is -3.72. The number of nitrogens with zero attached hydrogens (tertiary/aromatic N) is 1. The summed E-state index contributed by atoms with van der Waals surface area (Å²) in [6.07, 6.45) is -6.34. The fourth-order valence-corrected chi connectivity index (χ4v) is 1.60. The third kappa shape index (κ3) is 2.63. The summed E-state index contributed by atoms with van der Waals surface area (Å²) in [5, 5.41) is 17.8. The molecule has 5 nitrogen and oxygen atoms in total. The van der Waals surface area contributed by atoms with Gasteiger partial charge in [-0.05, 0) is 12.8 Å². The molecule has 0 aliphatic carbocycles. The van der Waals surface area contributed by atoms with E-state index in [0.717, 1.165) is 0 Å². The van der Waals surface area contributed by atoms with Gasteiger partial charge in [0.1, 0.15) is 6.04 Å². The Balaban J connectivity index is 2.87. The average molecular weight is 241 g/mol. The number of piperidine rings is 1. The van der Waals surface area contributed by atoms with Crippen molar-refractivity contribution in [1.82, 2.24) is 4.90 Å². The molecular formula is C8H10F3NO4. The Morgan fingerprint density at radius 1 is 1.25 bits per heavy atom. The number of carbonyl (C=O) groups is 2. The van der Waals surface area contributed by atoms with Crippen LogP contribution in [0.15, 0.2) is 0 Å². The summed E-state index contributed by atoms with van der Waals surface area (Å²) < 4.78 is 36.4. The quantitative estimate of drug-likeness (QED) is 0.676. The molecule has 1 amide bonds. The minimum absolute atomic E-state index is 0.0681. The molecule has 0 radical (unpaired) electrons. The summed E-state index contributed by atoms with van der Waals surface area (Å²) in [6, 6.07) is -1.52. The fourth-order valence-electron chi connectivity index (χ4n) is 1.60. The minimum atomic E-state index is -5.12. The number of hydrogen-bond donors (Lipinski definition) is 2. The summed E-state index contributed by atoms with van der Waals surface area (Å²) in [6.45, 7) is -0.602. The van der Waals surface area contributed by atoms with Crippen molar-refractivity contribution in [3.05, 3.63) is 0 Å². The molecule has 0 aromatic rings. The molecule has 1 heterocycles. The van der Waals surface area contributed by atoms with E-state index in [1.54, 1.807) is 0 Å². The molecule has 0 aromatic carbocycles.